The van der Waals surface area contributed by atoms with Crippen molar-refractivity contribution in [1.82, 2.24) is 19.5 Å². The van der Waals surface area contributed by atoms with E-state index in [1.165, 1.54) is 32.4 Å². The summed E-state index contributed by atoms with van der Waals surface area (Å²) in [6.07, 6.45) is 3.71. The van der Waals surface area contributed by atoms with E-state index in [1.54, 1.807) is 11.1 Å². The Morgan fingerprint density at radius 1 is 1.10 bits per heavy atom. The van der Waals surface area contributed by atoms with Crippen molar-refractivity contribution in [3.8, 4) is 11.5 Å². The molecule has 9 nitrogen and oxygen atoms in total. The molecule has 0 spiro atoms. The fourth-order valence-corrected chi connectivity index (χ4v) is 4.47. The first-order chi connectivity index (χ1) is 14.9. The van der Waals surface area contributed by atoms with Crippen molar-refractivity contribution in [2.75, 3.05) is 46.9 Å². The average molecular weight is 449 g/mol. The number of benzene rings is 1. The Labute approximate surface area is 183 Å². The standard InChI is InChI=1S/C21H28N4O5S/c1-29-19-6-5-18(14-20(19)30-2)31(27,28)23-9-7-21(26)25-12-10-24(11-13-25)16-17-4-3-8-22-15-17/h3-6,8,14-15,23H,7,9-13,16H2,1-2H3. The predicted octanol–water partition coefficient (Wildman–Crippen LogP) is 1.11. The molecule has 0 bridgehead atoms. The number of amides is 1. The van der Waals surface area contributed by atoms with Crippen molar-refractivity contribution in [3.63, 3.8) is 0 Å². The molecule has 1 amide bonds. The number of ether oxygens (including phenoxy) is 2. The average Bonchev–Trinajstić information content (AvgIpc) is 2.79. The summed E-state index contributed by atoms with van der Waals surface area (Å²) in [5.41, 5.74) is 1.15. The van der Waals surface area contributed by atoms with Gasteiger partial charge in [-0.3, -0.25) is 14.7 Å². The second-order valence-electron chi connectivity index (χ2n) is 7.18. The van der Waals surface area contributed by atoms with Gasteiger partial charge < -0.3 is 14.4 Å². The number of carbonyl (C=O) groups excluding carboxylic acids is 1. The Kier molecular flexibility index (Phi) is 7.83. The van der Waals surface area contributed by atoms with Crippen LogP contribution in [0.1, 0.15) is 12.0 Å². The van der Waals surface area contributed by atoms with Crippen molar-refractivity contribution >= 4 is 15.9 Å². The van der Waals surface area contributed by atoms with Crippen LogP contribution >= 0.6 is 0 Å². The van der Waals surface area contributed by atoms with E-state index in [0.29, 0.717) is 24.6 Å². The molecule has 168 valence electrons. The molecule has 2 aromatic rings. The van der Waals surface area contributed by atoms with Gasteiger partial charge in [0.1, 0.15) is 0 Å². The lowest BCUT2D eigenvalue weighted by Gasteiger charge is -2.34. The SMILES string of the molecule is COc1ccc(S(=O)(=O)NCCC(=O)N2CCN(Cc3cccnc3)CC2)cc1OC. The van der Waals surface area contributed by atoms with Gasteiger partial charge in [0.05, 0.1) is 19.1 Å². The number of nitrogens with one attached hydrogen (secondary N) is 1. The van der Waals surface area contributed by atoms with Crippen molar-refractivity contribution in [3.05, 3.63) is 48.3 Å². The van der Waals surface area contributed by atoms with E-state index < -0.39 is 10.0 Å². The van der Waals surface area contributed by atoms with Gasteiger partial charge in [-0.25, -0.2) is 13.1 Å². The largest absolute Gasteiger partial charge is 0.493 e. The molecular weight excluding hydrogens is 420 g/mol. The number of hydrogen-bond acceptors (Lipinski definition) is 7. The summed E-state index contributed by atoms with van der Waals surface area (Å²) in [6.45, 7) is 3.64. The maximum Gasteiger partial charge on any atom is 0.240 e. The number of aromatic nitrogens is 1. The van der Waals surface area contributed by atoms with E-state index in [1.807, 2.05) is 18.3 Å². The molecule has 3 rings (SSSR count). The number of carbonyl (C=O) groups is 1. The van der Waals surface area contributed by atoms with Gasteiger partial charge in [-0.1, -0.05) is 6.07 Å². The number of pyridine rings is 1. The summed E-state index contributed by atoms with van der Waals surface area (Å²) < 4.78 is 37.8. The molecule has 0 saturated carbocycles. The number of nitrogens with zero attached hydrogens (tertiary/aromatic N) is 3. The molecule has 0 radical (unpaired) electrons. The molecule has 1 aromatic heterocycles. The van der Waals surface area contributed by atoms with Gasteiger partial charge in [-0.15, -0.1) is 0 Å². The van der Waals surface area contributed by atoms with E-state index in [9.17, 15) is 13.2 Å². The monoisotopic (exact) mass is 448 g/mol. The molecule has 0 unspecified atom stereocenters. The highest BCUT2D eigenvalue weighted by Gasteiger charge is 2.22. The van der Waals surface area contributed by atoms with Crippen molar-refractivity contribution < 1.29 is 22.7 Å². The lowest BCUT2D eigenvalue weighted by atomic mass is 10.2. The number of hydrogen-bond donors (Lipinski definition) is 1. The van der Waals surface area contributed by atoms with E-state index in [2.05, 4.69) is 14.6 Å². The van der Waals surface area contributed by atoms with Gasteiger partial charge in [0.25, 0.3) is 0 Å². The van der Waals surface area contributed by atoms with E-state index >= 15 is 0 Å². The summed E-state index contributed by atoms with van der Waals surface area (Å²) in [5.74, 6) is 0.709. The molecule has 1 N–H and O–H groups in total. The van der Waals surface area contributed by atoms with Crippen LogP contribution in [0.2, 0.25) is 0 Å². The van der Waals surface area contributed by atoms with Gasteiger partial charge in [-0.05, 0) is 23.8 Å². The first-order valence-corrected chi connectivity index (χ1v) is 11.5. The molecule has 1 aliphatic heterocycles. The van der Waals surface area contributed by atoms with Gasteiger partial charge in [0.2, 0.25) is 15.9 Å². The Hall–Kier alpha value is -2.69. The zero-order valence-corrected chi connectivity index (χ0v) is 18.6. The van der Waals surface area contributed by atoms with Crippen LogP contribution in [-0.2, 0) is 21.4 Å². The zero-order valence-electron chi connectivity index (χ0n) is 17.8. The Morgan fingerprint density at radius 3 is 2.48 bits per heavy atom. The van der Waals surface area contributed by atoms with E-state index in [0.717, 1.165) is 25.2 Å². The van der Waals surface area contributed by atoms with Crippen LogP contribution in [-0.4, -0.2) is 76.1 Å². The molecule has 1 fully saturated rings. The minimum Gasteiger partial charge on any atom is -0.493 e. The topological polar surface area (TPSA) is 101 Å². The maximum absolute atomic E-state index is 12.5. The second kappa shape index (κ2) is 10.6. The molecular formula is C21H28N4O5S. The number of methoxy groups -OCH3 is 2. The van der Waals surface area contributed by atoms with Crippen molar-refractivity contribution in [2.45, 2.75) is 17.9 Å². The first kappa shape index (κ1) is 23.0. The number of sulfonamides is 1. The highest BCUT2D eigenvalue weighted by atomic mass is 32.2. The van der Waals surface area contributed by atoms with Gasteiger partial charge >= 0.3 is 0 Å². The molecule has 0 atom stereocenters. The highest BCUT2D eigenvalue weighted by Crippen LogP contribution is 2.29. The molecule has 1 saturated heterocycles. The highest BCUT2D eigenvalue weighted by molar-refractivity contribution is 7.89. The Bertz CT molecular complexity index is 977. The van der Waals surface area contributed by atoms with Crippen LogP contribution in [0.3, 0.4) is 0 Å². The summed E-state index contributed by atoms with van der Waals surface area (Å²) in [5, 5.41) is 0. The van der Waals surface area contributed by atoms with Crippen LogP contribution < -0.4 is 14.2 Å². The van der Waals surface area contributed by atoms with E-state index in [4.69, 9.17) is 9.47 Å². The van der Waals surface area contributed by atoms with Gasteiger partial charge in [0, 0.05) is 64.1 Å². The van der Waals surface area contributed by atoms with Crippen LogP contribution in [0.25, 0.3) is 0 Å². The third-order valence-corrected chi connectivity index (χ3v) is 6.61. The molecule has 1 aliphatic rings. The lowest BCUT2D eigenvalue weighted by Crippen LogP contribution is -2.48. The minimum atomic E-state index is -3.76. The van der Waals surface area contributed by atoms with Gasteiger partial charge in [-0.2, -0.15) is 0 Å². The second-order valence-corrected chi connectivity index (χ2v) is 8.95. The molecule has 1 aromatic carbocycles. The van der Waals surface area contributed by atoms with E-state index in [-0.39, 0.29) is 23.8 Å². The van der Waals surface area contributed by atoms with Crippen LogP contribution in [0, 0.1) is 0 Å². The quantitative estimate of drug-likeness (QED) is 0.613. The smallest absolute Gasteiger partial charge is 0.240 e. The maximum atomic E-state index is 12.5. The van der Waals surface area contributed by atoms with Crippen LogP contribution in [0.4, 0.5) is 0 Å². The molecule has 10 heteroatoms. The minimum absolute atomic E-state index is 0.0331. The zero-order chi connectivity index (χ0) is 22.3. The van der Waals surface area contributed by atoms with Crippen molar-refractivity contribution in [2.24, 2.45) is 0 Å². The summed E-state index contributed by atoms with van der Waals surface area (Å²) in [4.78, 5) is 20.7. The third kappa shape index (κ3) is 6.16. The van der Waals surface area contributed by atoms with Crippen LogP contribution in [0.5, 0.6) is 11.5 Å². The molecule has 2 heterocycles. The van der Waals surface area contributed by atoms with Crippen LogP contribution in [0.15, 0.2) is 47.6 Å². The lowest BCUT2D eigenvalue weighted by molar-refractivity contribution is -0.132. The summed E-state index contributed by atoms with van der Waals surface area (Å²) in [7, 11) is -0.836. The Balaban J connectivity index is 1.46. The fraction of sp³-hybridized carbons (Fsp3) is 0.429. The number of rotatable bonds is 9. The van der Waals surface area contributed by atoms with Crippen molar-refractivity contribution in [1.29, 1.82) is 0 Å². The predicted molar refractivity (Wildman–Crippen MR) is 115 cm³/mol. The fourth-order valence-electron chi connectivity index (χ4n) is 3.42. The summed E-state index contributed by atoms with van der Waals surface area (Å²) in [6, 6.07) is 8.31. The normalized spacial score (nSPS) is 15.0. The summed E-state index contributed by atoms with van der Waals surface area (Å²) >= 11 is 0. The first-order valence-electron chi connectivity index (χ1n) is 10.0. The third-order valence-electron chi connectivity index (χ3n) is 5.15. The molecule has 31 heavy (non-hydrogen) atoms. The number of piperazine rings is 1. The molecule has 0 aliphatic carbocycles. The Morgan fingerprint density at radius 2 is 1.84 bits per heavy atom. The van der Waals surface area contributed by atoms with Gasteiger partial charge in [0.15, 0.2) is 11.5 Å².